The van der Waals surface area contributed by atoms with Gasteiger partial charge in [-0.3, -0.25) is 19.3 Å². The number of benzene rings is 2. The van der Waals surface area contributed by atoms with Crippen molar-refractivity contribution < 1.29 is 23.9 Å². The van der Waals surface area contributed by atoms with E-state index in [-0.39, 0.29) is 11.1 Å². The first-order valence-corrected chi connectivity index (χ1v) is 8.99. The minimum atomic E-state index is -1.01. The fourth-order valence-corrected chi connectivity index (χ4v) is 2.93. The maximum Gasteiger partial charge on any atom is 0.338 e. The predicted octanol–water partition coefficient (Wildman–Crippen LogP) is 2.88. The Morgan fingerprint density at radius 3 is 2.29 bits per heavy atom. The standard InChI is InChI=1S/C21H20N2O5/c1-3-11-28-21(27)14-7-6-8-15(12-14)22-18(24)13(2)23-19(25)16-9-4-5-10-17(16)20(23)26/h4-10,12-13H,3,11H2,1-2H3,(H,22,24)/t13-/m1/s1. The molecule has 7 heteroatoms. The summed E-state index contributed by atoms with van der Waals surface area (Å²) in [4.78, 5) is 50.6. The van der Waals surface area contributed by atoms with E-state index in [2.05, 4.69) is 5.32 Å². The number of anilines is 1. The molecule has 0 aliphatic carbocycles. The maximum atomic E-state index is 12.6. The highest BCUT2D eigenvalue weighted by Crippen LogP contribution is 2.25. The van der Waals surface area contributed by atoms with Gasteiger partial charge in [0.15, 0.2) is 0 Å². The number of nitrogens with zero attached hydrogens (tertiary/aromatic N) is 1. The van der Waals surface area contributed by atoms with E-state index in [1.54, 1.807) is 42.5 Å². The molecule has 0 aromatic heterocycles. The monoisotopic (exact) mass is 380 g/mol. The number of hydrogen-bond donors (Lipinski definition) is 1. The van der Waals surface area contributed by atoms with Gasteiger partial charge >= 0.3 is 5.97 Å². The van der Waals surface area contributed by atoms with Gasteiger partial charge in [-0.25, -0.2) is 4.79 Å². The lowest BCUT2D eigenvalue weighted by Gasteiger charge is -2.21. The normalized spacial score (nSPS) is 13.9. The number of rotatable bonds is 6. The zero-order valence-electron chi connectivity index (χ0n) is 15.6. The molecule has 0 saturated heterocycles. The average molecular weight is 380 g/mol. The number of imide groups is 1. The average Bonchev–Trinajstić information content (AvgIpc) is 2.96. The van der Waals surface area contributed by atoms with Gasteiger partial charge in [-0.15, -0.1) is 0 Å². The summed E-state index contributed by atoms with van der Waals surface area (Å²) in [7, 11) is 0. The molecule has 1 aliphatic rings. The van der Waals surface area contributed by atoms with Crippen LogP contribution in [0.15, 0.2) is 48.5 Å². The molecule has 144 valence electrons. The van der Waals surface area contributed by atoms with E-state index in [4.69, 9.17) is 4.74 Å². The second-order valence-electron chi connectivity index (χ2n) is 6.41. The molecule has 1 N–H and O–H groups in total. The SMILES string of the molecule is CCCOC(=O)c1cccc(NC(=O)[C@@H](C)N2C(=O)c3ccccc3C2=O)c1. The molecule has 0 bridgehead atoms. The lowest BCUT2D eigenvalue weighted by molar-refractivity contribution is -0.119. The van der Waals surface area contributed by atoms with Gasteiger partial charge in [-0.2, -0.15) is 0 Å². The Labute approximate surface area is 162 Å². The lowest BCUT2D eigenvalue weighted by atomic mass is 10.1. The van der Waals surface area contributed by atoms with Gasteiger partial charge in [0.05, 0.1) is 23.3 Å². The van der Waals surface area contributed by atoms with Gasteiger partial charge in [0.1, 0.15) is 6.04 Å². The topological polar surface area (TPSA) is 92.8 Å². The summed E-state index contributed by atoms with van der Waals surface area (Å²) in [5.41, 5.74) is 1.25. The molecule has 0 unspecified atom stereocenters. The van der Waals surface area contributed by atoms with Gasteiger partial charge < -0.3 is 10.1 Å². The van der Waals surface area contributed by atoms with Crippen LogP contribution in [-0.4, -0.2) is 41.2 Å². The Morgan fingerprint density at radius 1 is 1.04 bits per heavy atom. The van der Waals surface area contributed by atoms with E-state index in [1.165, 1.54) is 13.0 Å². The summed E-state index contributed by atoms with van der Waals surface area (Å²) in [5.74, 6) is -2.01. The summed E-state index contributed by atoms with van der Waals surface area (Å²) < 4.78 is 5.08. The number of carbonyl (C=O) groups excluding carboxylic acids is 4. The van der Waals surface area contributed by atoms with E-state index in [9.17, 15) is 19.2 Å². The van der Waals surface area contributed by atoms with Crippen LogP contribution in [-0.2, 0) is 9.53 Å². The van der Waals surface area contributed by atoms with E-state index in [1.807, 2.05) is 6.92 Å². The molecule has 7 nitrogen and oxygen atoms in total. The van der Waals surface area contributed by atoms with E-state index < -0.39 is 29.7 Å². The summed E-state index contributed by atoms with van der Waals surface area (Å²) in [6, 6.07) is 11.8. The van der Waals surface area contributed by atoms with Crippen molar-refractivity contribution in [1.29, 1.82) is 0 Å². The van der Waals surface area contributed by atoms with Gasteiger partial charge in [0.2, 0.25) is 5.91 Å². The van der Waals surface area contributed by atoms with E-state index in [0.29, 0.717) is 24.3 Å². The molecule has 3 rings (SSSR count). The van der Waals surface area contributed by atoms with Crippen molar-refractivity contribution in [2.75, 3.05) is 11.9 Å². The van der Waals surface area contributed by atoms with Gasteiger partial charge in [0.25, 0.3) is 11.8 Å². The smallest absolute Gasteiger partial charge is 0.338 e. The van der Waals surface area contributed by atoms with Crippen molar-refractivity contribution in [2.24, 2.45) is 0 Å². The Morgan fingerprint density at radius 2 is 1.68 bits per heavy atom. The molecule has 1 atom stereocenters. The van der Waals surface area contributed by atoms with Crippen molar-refractivity contribution in [1.82, 2.24) is 4.90 Å². The fourth-order valence-electron chi connectivity index (χ4n) is 2.93. The van der Waals surface area contributed by atoms with Gasteiger partial charge in [-0.1, -0.05) is 25.1 Å². The summed E-state index contributed by atoms with van der Waals surface area (Å²) in [5, 5.41) is 2.64. The third-order valence-corrected chi connectivity index (χ3v) is 4.40. The first kappa shape index (κ1) is 19.3. The zero-order valence-corrected chi connectivity index (χ0v) is 15.6. The van der Waals surface area contributed by atoms with Gasteiger partial charge in [0, 0.05) is 5.69 Å². The van der Waals surface area contributed by atoms with E-state index >= 15 is 0 Å². The van der Waals surface area contributed by atoms with Crippen molar-refractivity contribution in [3.8, 4) is 0 Å². The van der Waals surface area contributed by atoms with Gasteiger partial charge in [-0.05, 0) is 43.7 Å². The molecule has 0 saturated carbocycles. The van der Waals surface area contributed by atoms with Crippen molar-refractivity contribution in [2.45, 2.75) is 26.3 Å². The van der Waals surface area contributed by atoms with Crippen molar-refractivity contribution in [3.05, 3.63) is 65.2 Å². The number of carbonyl (C=O) groups is 4. The van der Waals surface area contributed by atoms with Crippen LogP contribution in [0, 0.1) is 0 Å². The Hall–Kier alpha value is -3.48. The number of amides is 3. The lowest BCUT2D eigenvalue weighted by Crippen LogP contribution is -2.45. The molecule has 1 heterocycles. The van der Waals surface area contributed by atoms with Crippen LogP contribution in [0.1, 0.15) is 51.3 Å². The van der Waals surface area contributed by atoms with Crippen LogP contribution in [0.5, 0.6) is 0 Å². The Balaban J connectivity index is 1.73. The molecule has 2 aromatic carbocycles. The van der Waals surface area contributed by atoms with Crippen LogP contribution in [0.25, 0.3) is 0 Å². The largest absolute Gasteiger partial charge is 0.462 e. The third-order valence-electron chi connectivity index (χ3n) is 4.40. The summed E-state index contributed by atoms with van der Waals surface area (Å²) >= 11 is 0. The molecular formula is C21H20N2O5. The van der Waals surface area contributed by atoms with Crippen LogP contribution < -0.4 is 5.32 Å². The number of esters is 1. The number of hydrogen-bond acceptors (Lipinski definition) is 5. The van der Waals surface area contributed by atoms with Crippen molar-refractivity contribution >= 4 is 29.4 Å². The fraction of sp³-hybridized carbons (Fsp3) is 0.238. The van der Waals surface area contributed by atoms with Crippen LogP contribution in [0.4, 0.5) is 5.69 Å². The first-order valence-electron chi connectivity index (χ1n) is 8.99. The first-order chi connectivity index (χ1) is 13.4. The quantitative estimate of drug-likeness (QED) is 0.614. The zero-order chi connectivity index (χ0) is 20.3. The second kappa shape index (κ2) is 8.04. The highest BCUT2D eigenvalue weighted by Gasteiger charge is 2.40. The molecule has 0 spiro atoms. The predicted molar refractivity (Wildman–Crippen MR) is 102 cm³/mol. The second-order valence-corrected chi connectivity index (χ2v) is 6.41. The summed E-state index contributed by atoms with van der Waals surface area (Å²) in [6.45, 7) is 3.69. The molecular weight excluding hydrogens is 360 g/mol. The van der Waals surface area contributed by atoms with Crippen LogP contribution in [0.2, 0.25) is 0 Å². The Bertz CT molecular complexity index is 918. The van der Waals surface area contributed by atoms with Crippen LogP contribution in [0.3, 0.4) is 0 Å². The minimum absolute atomic E-state index is 0.285. The van der Waals surface area contributed by atoms with Crippen LogP contribution >= 0.6 is 0 Å². The Kier molecular flexibility index (Phi) is 5.54. The number of nitrogens with one attached hydrogen (secondary N) is 1. The van der Waals surface area contributed by atoms with Crippen molar-refractivity contribution in [3.63, 3.8) is 0 Å². The molecule has 0 radical (unpaired) electrons. The molecule has 2 aromatic rings. The number of ether oxygens (including phenoxy) is 1. The maximum absolute atomic E-state index is 12.6. The highest BCUT2D eigenvalue weighted by atomic mass is 16.5. The molecule has 0 fully saturated rings. The highest BCUT2D eigenvalue weighted by molar-refractivity contribution is 6.23. The number of fused-ring (bicyclic) bond motifs is 1. The molecule has 3 amide bonds. The molecule has 1 aliphatic heterocycles. The third kappa shape index (κ3) is 3.64. The molecule has 28 heavy (non-hydrogen) atoms. The summed E-state index contributed by atoms with van der Waals surface area (Å²) in [6.07, 6.45) is 0.708. The van der Waals surface area contributed by atoms with E-state index in [0.717, 1.165) is 4.90 Å². The minimum Gasteiger partial charge on any atom is -0.462 e.